The van der Waals surface area contributed by atoms with E-state index < -0.39 is 0 Å². The third-order valence-electron chi connectivity index (χ3n) is 4.60. The first-order chi connectivity index (χ1) is 12.8. The minimum Gasteiger partial charge on any atom is -0.366 e. The number of thiophene rings is 1. The minimum atomic E-state index is 0.0405. The van der Waals surface area contributed by atoms with Crippen LogP contribution in [0.25, 0.3) is 10.2 Å². The molecule has 1 fully saturated rings. The maximum atomic E-state index is 12.2. The molecule has 0 spiro atoms. The van der Waals surface area contributed by atoms with Crippen LogP contribution in [0.5, 0.6) is 0 Å². The fraction of sp³-hybridized carbons (Fsp3) is 0.316. The largest absolute Gasteiger partial charge is 0.366 e. The Morgan fingerprint density at radius 2 is 1.96 bits per heavy atom. The van der Waals surface area contributed by atoms with Crippen molar-refractivity contribution in [1.82, 2.24) is 14.9 Å². The van der Waals surface area contributed by atoms with E-state index in [1.165, 1.54) is 0 Å². The highest BCUT2D eigenvalue weighted by Crippen LogP contribution is 2.26. The number of likely N-dealkylation sites (tertiary alicyclic amines) is 1. The van der Waals surface area contributed by atoms with Crippen LogP contribution in [0, 0.1) is 0 Å². The van der Waals surface area contributed by atoms with Crippen molar-refractivity contribution < 1.29 is 4.79 Å². The highest BCUT2D eigenvalue weighted by atomic mass is 32.1. The summed E-state index contributed by atoms with van der Waals surface area (Å²) in [5.41, 5.74) is 1.83. The van der Waals surface area contributed by atoms with E-state index in [1.807, 2.05) is 41.8 Å². The molecule has 1 aromatic carbocycles. The van der Waals surface area contributed by atoms with E-state index in [-0.39, 0.29) is 5.91 Å². The molecule has 1 aliphatic rings. The van der Waals surface area contributed by atoms with Crippen molar-refractivity contribution in [2.45, 2.75) is 18.9 Å². The Labute approximate surface area is 156 Å². The molecule has 0 bridgehead atoms. The van der Waals surface area contributed by atoms with E-state index >= 15 is 0 Å². The third kappa shape index (κ3) is 4.00. The zero-order valence-corrected chi connectivity index (χ0v) is 15.2. The molecule has 1 saturated heterocycles. The van der Waals surface area contributed by atoms with E-state index in [1.54, 1.807) is 17.7 Å². The van der Waals surface area contributed by atoms with Crippen LogP contribution in [-0.4, -0.2) is 46.5 Å². The Morgan fingerprint density at radius 3 is 2.77 bits per heavy atom. The molecule has 3 heterocycles. The number of fused-ring (bicyclic) bond motifs is 1. The first-order valence-electron chi connectivity index (χ1n) is 8.80. The predicted octanol–water partition coefficient (Wildman–Crippen LogP) is 3.21. The lowest BCUT2D eigenvalue weighted by Gasteiger charge is -2.32. The standard InChI is InChI=1S/C19H21N5OS/c25-17(22-14-4-2-1-3-5-14)12-24-9-6-15(7-10-24)23-19-18-16(8-11-26-18)20-13-21-19/h1-5,8,11,13,15H,6-7,9-10,12H2,(H,22,25)(H,20,21,23). The molecule has 4 rings (SSSR count). The fourth-order valence-corrected chi connectivity index (χ4v) is 4.04. The highest BCUT2D eigenvalue weighted by Gasteiger charge is 2.21. The van der Waals surface area contributed by atoms with Crippen molar-refractivity contribution in [3.8, 4) is 0 Å². The summed E-state index contributed by atoms with van der Waals surface area (Å²) in [4.78, 5) is 23.1. The monoisotopic (exact) mass is 367 g/mol. The van der Waals surface area contributed by atoms with Gasteiger partial charge < -0.3 is 10.6 Å². The van der Waals surface area contributed by atoms with Gasteiger partial charge in [0, 0.05) is 24.8 Å². The van der Waals surface area contributed by atoms with Crippen LogP contribution < -0.4 is 10.6 Å². The molecule has 2 N–H and O–H groups in total. The SMILES string of the molecule is O=C(CN1CCC(Nc2ncnc3ccsc23)CC1)Nc1ccccc1. The van der Waals surface area contributed by atoms with Gasteiger partial charge in [-0.15, -0.1) is 11.3 Å². The van der Waals surface area contributed by atoms with E-state index in [4.69, 9.17) is 0 Å². The molecule has 26 heavy (non-hydrogen) atoms. The normalized spacial score (nSPS) is 15.8. The zero-order chi connectivity index (χ0) is 17.8. The van der Waals surface area contributed by atoms with Gasteiger partial charge in [0.2, 0.25) is 5.91 Å². The topological polar surface area (TPSA) is 70.2 Å². The van der Waals surface area contributed by atoms with Crippen LogP contribution in [0.4, 0.5) is 11.5 Å². The van der Waals surface area contributed by atoms with E-state index in [0.717, 1.165) is 47.7 Å². The maximum absolute atomic E-state index is 12.2. The lowest BCUT2D eigenvalue weighted by molar-refractivity contribution is -0.117. The summed E-state index contributed by atoms with van der Waals surface area (Å²) in [5, 5.41) is 8.54. The molecule has 1 aliphatic heterocycles. The molecule has 0 atom stereocenters. The van der Waals surface area contributed by atoms with Gasteiger partial charge >= 0.3 is 0 Å². The van der Waals surface area contributed by atoms with E-state index in [0.29, 0.717) is 12.6 Å². The summed E-state index contributed by atoms with van der Waals surface area (Å²) in [5.74, 6) is 0.962. The second-order valence-corrected chi connectivity index (χ2v) is 7.38. The first-order valence-corrected chi connectivity index (χ1v) is 9.68. The number of hydrogen-bond donors (Lipinski definition) is 2. The molecule has 0 radical (unpaired) electrons. The van der Waals surface area contributed by atoms with E-state index in [9.17, 15) is 4.79 Å². The van der Waals surface area contributed by atoms with Gasteiger partial charge in [0.25, 0.3) is 0 Å². The van der Waals surface area contributed by atoms with Gasteiger partial charge in [-0.1, -0.05) is 18.2 Å². The Bertz CT molecular complexity index is 874. The van der Waals surface area contributed by atoms with Crippen LogP contribution in [0.1, 0.15) is 12.8 Å². The summed E-state index contributed by atoms with van der Waals surface area (Å²) in [6.07, 6.45) is 3.60. The predicted molar refractivity (Wildman–Crippen MR) is 106 cm³/mol. The Morgan fingerprint density at radius 1 is 1.15 bits per heavy atom. The summed E-state index contributed by atoms with van der Waals surface area (Å²) in [6.45, 7) is 2.24. The number of nitrogens with zero attached hydrogens (tertiary/aromatic N) is 3. The number of carbonyl (C=O) groups is 1. The van der Waals surface area contributed by atoms with Crippen LogP contribution in [0.15, 0.2) is 48.1 Å². The second kappa shape index (κ2) is 7.80. The number of anilines is 2. The van der Waals surface area contributed by atoms with Crippen molar-refractivity contribution in [3.05, 3.63) is 48.1 Å². The summed E-state index contributed by atoms with van der Waals surface area (Å²) in [7, 11) is 0. The number of piperidine rings is 1. The molecule has 7 heteroatoms. The Kier molecular flexibility index (Phi) is 5.08. The Hall–Kier alpha value is -2.51. The minimum absolute atomic E-state index is 0.0405. The van der Waals surface area contributed by atoms with Crippen molar-refractivity contribution in [2.24, 2.45) is 0 Å². The van der Waals surface area contributed by atoms with Crippen LogP contribution in [0.2, 0.25) is 0 Å². The average molecular weight is 367 g/mol. The molecular formula is C19H21N5OS. The summed E-state index contributed by atoms with van der Waals surface area (Å²) >= 11 is 1.66. The van der Waals surface area contributed by atoms with Gasteiger partial charge in [-0.3, -0.25) is 9.69 Å². The molecule has 2 aromatic heterocycles. The Balaban J connectivity index is 1.27. The molecule has 0 aliphatic carbocycles. The lowest BCUT2D eigenvalue weighted by Crippen LogP contribution is -2.42. The van der Waals surface area contributed by atoms with Crippen LogP contribution >= 0.6 is 11.3 Å². The fourth-order valence-electron chi connectivity index (χ4n) is 3.25. The lowest BCUT2D eigenvalue weighted by atomic mass is 10.1. The molecular weight excluding hydrogens is 346 g/mol. The molecule has 0 unspecified atom stereocenters. The number of rotatable bonds is 5. The van der Waals surface area contributed by atoms with Crippen molar-refractivity contribution in [1.29, 1.82) is 0 Å². The van der Waals surface area contributed by atoms with Crippen LogP contribution in [0.3, 0.4) is 0 Å². The molecule has 3 aromatic rings. The highest BCUT2D eigenvalue weighted by molar-refractivity contribution is 7.17. The van der Waals surface area contributed by atoms with Gasteiger partial charge in [0.05, 0.1) is 16.8 Å². The molecule has 134 valence electrons. The van der Waals surface area contributed by atoms with Gasteiger partial charge in [0.15, 0.2) is 0 Å². The van der Waals surface area contributed by atoms with Gasteiger partial charge in [-0.2, -0.15) is 0 Å². The summed E-state index contributed by atoms with van der Waals surface area (Å²) < 4.78 is 1.11. The van der Waals surface area contributed by atoms with Crippen molar-refractivity contribution >= 4 is 39.0 Å². The van der Waals surface area contributed by atoms with Gasteiger partial charge in [0.1, 0.15) is 12.1 Å². The van der Waals surface area contributed by atoms with Crippen molar-refractivity contribution in [3.63, 3.8) is 0 Å². The number of para-hydroxylation sites is 1. The number of hydrogen-bond acceptors (Lipinski definition) is 6. The third-order valence-corrected chi connectivity index (χ3v) is 5.51. The number of amides is 1. The van der Waals surface area contributed by atoms with Crippen LogP contribution in [-0.2, 0) is 4.79 Å². The van der Waals surface area contributed by atoms with Gasteiger partial charge in [-0.25, -0.2) is 9.97 Å². The average Bonchev–Trinajstić information content (AvgIpc) is 3.14. The molecule has 1 amide bonds. The summed E-state index contributed by atoms with van der Waals surface area (Å²) in [6, 6.07) is 12.0. The number of aromatic nitrogens is 2. The maximum Gasteiger partial charge on any atom is 0.238 e. The zero-order valence-electron chi connectivity index (χ0n) is 14.4. The number of benzene rings is 1. The van der Waals surface area contributed by atoms with E-state index in [2.05, 4.69) is 25.5 Å². The number of nitrogens with one attached hydrogen (secondary N) is 2. The molecule has 6 nitrogen and oxygen atoms in total. The first kappa shape index (κ1) is 16.9. The van der Waals surface area contributed by atoms with Crippen molar-refractivity contribution in [2.75, 3.05) is 30.3 Å². The smallest absolute Gasteiger partial charge is 0.238 e. The quantitative estimate of drug-likeness (QED) is 0.725. The second-order valence-electron chi connectivity index (χ2n) is 6.47. The molecule has 0 saturated carbocycles. The number of carbonyl (C=O) groups excluding carboxylic acids is 1. The van der Waals surface area contributed by atoms with Gasteiger partial charge in [-0.05, 0) is 36.4 Å².